The van der Waals surface area contributed by atoms with Gasteiger partial charge in [0.25, 0.3) is 0 Å². The molecule has 1 radical (unpaired) electrons. The van der Waals surface area contributed by atoms with Gasteiger partial charge in [0, 0.05) is 55.9 Å². The fourth-order valence-electron chi connectivity index (χ4n) is 0. The van der Waals surface area contributed by atoms with Crippen LogP contribution in [0.2, 0.25) is 0 Å². The Kier molecular flexibility index (Phi) is 25.0. The van der Waals surface area contributed by atoms with Gasteiger partial charge in [-0.05, 0) is 0 Å². The van der Waals surface area contributed by atoms with Crippen LogP contribution in [0, 0.1) is 0 Å². The van der Waals surface area contributed by atoms with Gasteiger partial charge in [0.2, 0.25) is 0 Å². The third-order valence-corrected chi connectivity index (χ3v) is 0. The van der Waals surface area contributed by atoms with E-state index in [0.29, 0.717) is 0 Å². The SMILES string of the molecule is O=P(O)(O)O.[Fe].[Mn].[Ti]. The first-order valence-electron chi connectivity index (χ1n) is 0.783. The molecular formula is H3FeMnO4PTi. The van der Waals surface area contributed by atoms with Gasteiger partial charge in [0.05, 0.1) is 0 Å². The van der Waals surface area contributed by atoms with E-state index in [4.69, 9.17) is 19.2 Å². The van der Waals surface area contributed by atoms with E-state index in [-0.39, 0.29) is 55.9 Å². The molecule has 0 rings (SSSR count). The maximum absolute atomic E-state index is 8.88. The summed E-state index contributed by atoms with van der Waals surface area (Å²) in [4.78, 5) is 21.6. The van der Waals surface area contributed by atoms with Crippen molar-refractivity contribution >= 4 is 7.82 Å². The van der Waals surface area contributed by atoms with E-state index < -0.39 is 7.82 Å². The molecule has 51 valence electrons. The van der Waals surface area contributed by atoms with Crippen molar-refractivity contribution in [1.29, 1.82) is 0 Å². The van der Waals surface area contributed by atoms with Gasteiger partial charge in [-0.1, -0.05) is 0 Å². The first-order valence-corrected chi connectivity index (χ1v) is 2.35. The Morgan fingerprint density at radius 2 is 1.12 bits per heavy atom. The molecule has 0 saturated carbocycles. The predicted molar refractivity (Wildman–Crippen MR) is 14.3 cm³/mol. The summed E-state index contributed by atoms with van der Waals surface area (Å²) in [5.74, 6) is 0. The number of phosphoric acid groups is 1. The molecule has 0 bridgehead atoms. The summed E-state index contributed by atoms with van der Waals surface area (Å²) in [6, 6.07) is 0. The van der Waals surface area contributed by atoms with Gasteiger partial charge in [-0.2, -0.15) is 0 Å². The number of hydrogen-bond acceptors (Lipinski definition) is 1. The van der Waals surface area contributed by atoms with Crippen molar-refractivity contribution in [1.82, 2.24) is 0 Å². The Hall–Kier alpha value is 1.86. The molecule has 8 heteroatoms. The van der Waals surface area contributed by atoms with Gasteiger partial charge in [0.1, 0.15) is 0 Å². The monoisotopic (exact) mass is 257 g/mol. The summed E-state index contributed by atoms with van der Waals surface area (Å²) < 4.78 is 8.88. The summed E-state index contributed by atoms with van der Waals surface area (Å²) in [5, 5.41) is 0. The largest absolute Gasteiger partial charge is 0.466 e. The van der Waals surface area contributed by atoms with E-state index in [2.05, 4.69) is 0 Å². The molecule has 4 nitrogen and oxygen atoms in total. The Morgan fingerprint density at radius 3 is 1.12 bits per heavy atom. The second-order valence-corrected chi connectivity index (χ2v) is 1.54. The predicted octanol–water partition coefficient (Wildman–Crippen LogP) is -0.936. The molecule has 0 unspecified atom stereocenters. The molecule has 0 spiro atoms. The van der Waals surface area contributed by atoms with Gasteiger partial charge in [-0.15, -0.1) is 0 Å². The van der Waals surface area contributed by atoms with Crippen LogP contribution in [0.4, 0.5) is 0 Å². The Labute approximate surface area is 82.5 Å². The van der Waals surface area contributed by atoms with Crippen molar-refractivity contribution in [3.8, 4) is 0 Å². The van der Waals surface area contributed by atoms with Crippen LogP contribution in [0.25, 0.3) is 0 Å². The van der Waals surface area contributed by atoms with Crippen molar-refractivity contribution < 1.29 is 75.1 Å². The molecule has 3 N–H and O–H groups in total. The zero-order chi connectivity index (χ0) is 4.50. The minimum absolute atomic E-state index is 0. The summed E-state index contributed by atoms with van der Waals surface area (Å²) in [6.07, 6.45) is 0. The van der Waals surface area contributed by atoms with E-state index in [1.165, 1.54) is 0 Å². The van der Waals surface area contributed by atoms with Crippen LogP contribution in [-0.4, -0.2) is 14.7 Å². The summed E-state index contributed by atoms with van der Waals surface area (Å²) in [5.41, 5.74) is 0. The molecule has 0 saturated heterocycles. The van der Waals surface area contributed by atoms with E-state index in [0.717, 1.165) is 0 Å². The van der Waals surface area contributed by atoms with Crippen LogP contribution >= 0.6 is 7.82 Å². The zero-order valence-corrected chi connectivity index (χ0v) is 8.17. The van der Waals surface area contributed by atoms with Gasteiger partial charge in [-0.3, -0.25) is 0 Å². The molecule has 0 aliphatic rings. The molecule has 0 aliphatic carbocycles. The summed E-state index contributed by atoms with van der Waals surface area (Å²) in [6.45, 7) is 0. The molecular weight excluding hydrogens is 254 g/mol. The molecule has 0 atom stereocenters. The zero-order valence-electron chi connectivity index (χ0n) is 3.43. The second kappa shape index (κ2) is 8.86. The molecule has 0 fully saturated rings. The molecule has 8 heavy (non-hydrogen) atoms. The van der Waals surface area contributed by atoms with Crippen molar-refractivity contribution in [2.45, 2.75) is 0 Å². The number of hydrogen-bond donors (Lipinski definition) is 3. The Balaban J connectivity index is -0.0000000267. The van der Waals surface area contributed by atoms with Crippen molar-refractivity contribution in [3.63, 3.8) is 0 Å². The Morgan fingerprint density at radius 1 is 1.12 bits per heavy atom. The molecule has 0 aromatic carbocycles. The summed E-state index contributed by atoms with van der Waals surface area (Å²) >= 11 is 0. The van der Waals surface area contributed by atoms with E-state index in [1.807, 2.05) is 0 Å². The molecule has 0 aliphatic heterocycles. The third kappa shape index (κ3) is 107. The standard InChI is InChI=1S/Fe.Mn.H3O4P.Ti/c;;1-5(2,3)4;/h;;(H3,1,2,3,4);. The molecule has 0 amide bonds. The number of rotatable bonds is 0. The average Bonchev–Trinajstić information content (AvgIpc) is 0.722. The minimum atomic E-state index is -4.64. The van der Waals surface area contributed by atoms with Crippen LogP contribution in [-0.2, 0) is 60.4 Å². The summed E-state index contributed by atoms with van der Waals surface area (Å²) in [7, 11) is -4.64. The second-order valence-electron chi connectivity index (χ2n) is 0.513. The minimum Gasteiger partial charge on any atom is -0.303 e. The van der Waals surface area contributed by atoms with Gasteiger partial charge >= 0.3 is 7.82 Å². The third-order valence-electron chi connectivity index (χ3n) is 0. The average molecular weight is 257 g/mol. The van der Waals surface area contributed by atoms with E-state index in [1.54, 1.807) is 0 Å². The van der Waals surface area contributed by atoms with Gasteiger partial charge in [-0.25, -0.2) is 4.57 Å². The topological polar surface area (TPSA) is 77.8 Å². The maximum Gasteiger partial charge on any atom is 0.466 e. The van der Waals surface area contributed by atoms with Crippen LogP contribution in [0.1, 0.15) is 0 Å². The van der Waals surface area contributed by atoms with Crippen molar-refractivity contribution in [2.75, 3.05) is 0 Å². The smallest absolute Gasteiger partial charge is 0.303 e. The normalized spacial score (nSPS) is 7.38. The molecule has 0 aromatic heterocycles. The quantitative estimate of drug-likeness (QED) is 0.386. The Bertz CT molecular complexity index is 62.2. The van der Waals surface area contributed by atoms with Gasteiger partial charge < -0.3 is 14.7 Å². The fourth-order valence-corrected chi connectivity index (χ4v) is 0. The maximum atomic E-state index is 8.88. The molecule has 0 heterocycles. The van der Waals surface area contributed by atoms with Crippen molar-refractivity contribution in [3.05, 3.63) is 0 Å². The van der Waals surface area contributed by atoms with Crippen LogP contribution < -0.4 is 0 Å². The molecule has 0 aromatic rings. The first-order chi connectivity index (χ1) is 2.00. The van der Waals surface area contributed by atoms with E-state index in [9.17, 15) is 0 Å². The van der Waals surface area contributed by atoms with Crippen LogP contribution in [0.3, 0.4) is 0 Å². The fraction of sp³-hybridized carbons (Fsp3) is 0. The van der Waals surface area contributed by atoms with Crippen LogP contribution in [0.5, 0.6) is 0 Å². The van der Waals surface area contributed by atoms with Crippen molar-refractivity contribution in [2.24, 2.45) is 0 Å². The van der Waals surface area contributed by atoms with E-state index >= 15 is 0 Å². The van der Waals surface area contributed by atoms with Gasteiger partial charge in [0.15, 0.2) is 0 Å². The first kappa shape index (κ1) is 22.5. The van der Waals surface area contributed by atoms with Crippen LogP contribution in [0.15, 0.2) is 0 Å².